The summed E-state index contributed by atoms with van der Waals surface area (Å²) >= 11 is 5.96. The first-order valence-corrected chi connectivity index (χ1v) is 8.20. The first-order chi connectivity index (χ1) is 12.2. The zero-order valence-corrected chi connectivity index (χ0v) is 14.5. The second kappa shape index (κ2) is 7.86. The van der Waals surface area contributed by atoms with Crippen molar-refractivity contribution < 1.29 is 14.3 Å². The SMILES string of the molecule is COc1cc(C(=O)c2cccc(Cl)c2)ccc1OCc1ccccc1. The lowest BCUT2D eigenvalue weighted by atomic mass is 10.0. The van der Waals surface area contributed by atoms with Crippen LogP contribution in [0, 0.1) is 0 Å². The highest BCUT2D eigenvalue weighted by Crippen LogP contribution is 2.30. The van der Waals surface area contributed by atoms with Crippen molar-refractivity contribution in [2.24, 2.45) is 0 Å². The van der Waals surface area contributed by atoms with Gasteiger partial charge in [-0.05, 0) is 35.9 Å². The van der Waals surface area contributed by atoms with E-state index in [-0.39, 0.29) is 5.78 Å². The summed E-state index contributed by atoms with van der Waals surface area (Å²) in [6.45, 7) is 0.429. The molecule has 0 spiro atoms. The average molecular weight is 353 g/mol. The number of carbonyl (C=O) groups is 1. The molecule has 4 heteroatoms. The molecule has 0 fully saturated rings. The standard InChI is InChI=1S/C21H17ClO3/c1-24-20-13-17(21(23)16-8-5-9-18(22)12-16)10-11-19(20)25-14-15-6-3-2-4-7-15/h2-13H,14H2,1H3. The van der Waals surface area contributed by atoms with Gasteiger partial charge in [-0.3, -0.25) is 4.79 Å². The van der Waals surface area contributed by atoms with Crippen molar-refractivity contribution >= 4 is 17.4 Å². The number of carbonyl (C=O) groups excluding carboxylic acids is 1. The molecule has 3 aromatic rings. The lowest BCUT2D eigenvalue weighted by molar-refractivity contribution is 0.103. The van der Waals surface area contributed by atoms with E-state index in [1.54, 1.807) is 49.6 Å². The highest BCUT2D eigenvalue weighted by molar-refractivity contribution is 6.31. The number of hydrogen-bond acceptors (Lipinski definition) is 3. The van der Waals surface area contributed by atoms with Gasteiger partial charge in [0.15, 0.2) is 17.3 Å². The van der Waals surface area contributed by atoms with Gasteiger partial charge in [0.1, 0.15) is 6.61 Å². The van der Waals surface area contributed by atoms with Crippen molar-refractivity contribution in [3.63, 3.8) is 0 Å². The first kappa shape index (κ1) is 17.1. The molecular weight excluding hydrogens is 336 g/mol. The Hall–Kier alpha value is -2.78. The minimum Gasteiger partial charge on any atom is -0.493 e. The Morgan fingerprint density at radius 2 is 1.64 bits per heavy atom. The van der Waals surface area contributed by atoms with Gasteiger partial charge in [-0.25, -0.2) is 0 Å². The van der Waals surface area contributed by atoms with Gasteiger partial charge < -0.3 is 9.47 Å². The van der Waals surface area contributed by atoms with Crippen LogP contribution < -0.4 is 9.47 Å². The molecule has 25 heavy (non-hydrogen) atoms. The van der Waals surface area contributed by atoms with E-state index in [2.05, 4.69) is 0 Å². The fourth-order valence-electron chi connectivity index (χ4n) is 2.46. The van der Waals surface area contributed by atoms with E-state index in [4.69, 9.17) is 21.1 Å². The molecule has 0 heterocycles. The minimum atomic E-state index is -0.115. The molecule has 0 saturated carbocycles. The molecular formula is C21H17ClO3. The minimum absolute atomic E-state index is 0.115. The Bertz CT molecular complexity index is 875. The van der Waals surface area contributed by atoms with Gasteiger partial charge >= 0.3 is 0 Å². The molecule has 3 nitrogen and oxygen atoms in total. The van der Waals surface area contributed by atoms with E-state index in [1.807, 2.05) is 30.3 Å². The van der Waals surface area contributed by atoms with Crippen LogP contribution in [-0.4, -0.2) is 12.9 Å². The van der Waals surface area contributed by atoms with E-state index < -0.39 is 0 Å². The predicted molar refractivity (Wildman–Crippen MR) is 98.7 cm³/mol. The van der Waals surface area contributed by atoms with Crippen molar-refractivity contribution in [1.82, 2.24) is 0 Å². The molecule has 0 atom stereocenters. The zero-order valence-electron chi connectivity index (χ0n) is 13.7. The summed E-state index contributed by atoms with van der Waals surface area (Å²) in [5.41, 5.74) is 2.11. The number of halogens is 1. The molecule has 3 rings (SSSR count). The van der Waals surface area contributed by atoms with Crippen molar-refractivity contribution in [3.8, 4) is 11.5 Å². The normalized spacial score (nSPS) is 10.3. The van der Waals surface area contributed by atoms with Crippen molar-refractivity contribution in [1.29, 1.82) is 0 Å². The second-order valence-electron chi connectivity index (χ2n) is 5.48. The van der Waals surface area contributed by atoms with Crippen LogP contribution in [0.1, 0.15) is 21.5 Å². The van der Waals surface area contributed by atoms with Crippen LogP contribution in [-0.2, 0) is 6.61 Å². The molecule has 0 amide bonds. The topological polar surface area (TPSA) is 35.5 Å². The van der Waals surface area contributed by atoms with Crippen LogP contribution in [0.15, 0.2) is 72.8 Å². The predicted octanol–water partition coefficient (Wildman–Crippen LogP) is 5.16. The molecule has 0 unspecified atom stereocenters. The smallest absolute Gasteiger partial charge is 0.193 e. The third-order valence-corrected chi connectivity index (χ3v) is 3.98. The van der Waals surface area contributed by atoms with Crippen molar-refractivity contribution in [2.45, 2.75) is 6.61 Å². The van der Waals surface area contributed by atoms with Gasteiger partial charge in [0, 0.05) is 16.1 Å². The van der Waals surface area contributed by atoms with Gasteiger partial charge in [-0.2, -0.15) is 0 Å². The summed E-state index contributed by atoms with van der Waals surface area (Å²) in [4.78, 5) is 12.6. The first-order valence-electron chi connectivity index (χ1n) is 7.82. The van der Waals surface area contributed by atoms with Crippen LogP contribution in [0.2, 0.25) is 5.02 Å². The van der Waals surface area contributed by atoms with Crippen LogP contribution in [0.3, 0.4) is 0 Å². The van der Waals surface area contributed by atoms with Crippen molar-refractivity contribution in [3.05, 3.63) is 94.5 Å². The Balaban J connectivity index is 1.80. The van der Waals surface area contributed by atoms with E-state index >= 15 is 0 Å². The number of methoxy groups -OCH3 is 1. The zero-order chi connectivity index (χ0) is 17.6. The second-order valence-corrected chi connectivity index (χ2v) is 5.92. The monoisotopic (exact) mass is 352 g/mol. The lowest BCUT2D eigenvalue weighted by Crippen LogP contribution is -2.03. The molecule has 3 aromatic carbocycles. The van der Waals surface area contributed by atoms with Gasteiger partial charge in [-0.15, -0.1) is 0 Å². The quantitative estimate of drug-likeness (QED) is 0.575. The van der Waals surface area contributed by atoms with Crippen LogP contribution in [0.25, 0.3) is 0 Å². The number of ether oxygens (including phenoxy) is 2. The summed E-state index contributed by atoms with van der Waals surface area (Å²) in [5.74, 6) is 0.994. The summed E-state index contributed by atoms with van der Waals surface area (Å²) in [6, 6.07) is 21.9. The maximum absolute atomic E-state index is 12.6. The fraction of sp³-hybridized carbons (Fsp3) is 0.0952. The maximum atomic E-state index is 12.6. The van der Waals surface area contributed by atoms with Gasteiger partial charge in [0.05, 0.1) is 7.11 Å². The van der Waals surface area contributed by atoms with Crippen molar-refractivity contribution in [2.75, 3.05) is 7.11 Å². The molecule has 126 valence electrons. The number of hydrogen-bond donors (Lipinski definition) is 0. The summed E-state index contributed by atoms with van der Waals surface area (Å²) < 4.78 is 11.2. The third-order valence-electron chi connectivity index (χ3n) is 3.75. The molecule has 0 N–H and O–H groups in total. The van der Waals surface area contributed by atoms with Crippen LogP contribution >= 0.6 is 11.6 Å². The number of benzene rings is 3. The van der Waals surface area contributed by atoms with Gasteiger partial charge in [-0.1, -0.05) is 54.1 Å². The Morgan fingerprint density at radius 3 is 2.36 bits per heavy atom. The lowest BCUT2D eigenvalue weighted by Gasteiger charge is -2.12. The molecule has 0 aliphatic rings. The molecule has 0 radical (unpaired) electrons. The molecule has 0 aromatic heterocycles. The third kappa shape index (κ3) is 4.20. The summed E-state index contributed by atoms with van der Waals surface area (Å²) in [5, 5.41) is 0.528. The molecule has 0 aliphatic carbocycles. The Kier molecular flexibility index (Phi) is 5.36. The molecule has 0 saturated heterocycles. The fourth-order valence-corrected chi connectivity index (χ4v) is 2.65. The maximum Gasteiger partial charge on any atom is 0.193 e. The van der Waals surface area contributed by atoms with E-state index in [0.29, 0.717) is 34.3 Å². The molecule has 0 bridgehead atoms. The highest BCUT2D eigenvalue weighted by Gasteiger charge is 2.13. The molecule has 0 aliphatic heterocycles. The Labute approximate surface area is 151 Å². The largest absolute Gasteiger partial charge is 0.493 e. The van der Waals surface area contributed by atoms with Gasteiger partial charge in [0.2, 0.25) is 0 Å². The average Bonchev–Trinajstić information content (AvgIpc) is 2.66. The van der Waals surface area contributed by atoms with Gasteiger partial charge in [0.25, 0.3) is 0 Å². The Morgan fingerprint density at radius 1 is 0.880 bits per heavy atom. The van der Waals surface area contributed by atoms with Crippen LogP contribution in [0.5, 0.6) is 11.5 Å². The summed E-state index contributed by atoms with van der Waals surface area (Å²) in [7, 11) is 1.55. The number of rotatable bonds is 6. The van der Waals surface area contributed by atoms with E-state index in [1.165, 1.54) is 0 Å². The van der Waals surface area contributed by atoms with E-state index in [0.717, 1.165) is 5.56 Å². The van der Waals surface area contributed by atoms with Crippen LogP contribution in [0.4, 0.5) is 0 Å². The highest BCUT2D eigenvalue weighted by atomic mass is 35.5. The van der Waals surface area contributed by atoms with E-state index in [9.17, 15) is 4.79 Å². The summed E-state index contributed by atoms with van der Waals surface area (Å²) in [6.07, 6.45) is 0. The number of ketones is 1.